The van der Waals surface area contributed by atoms with Crippen molar-refractivity contribution < 1.29 is 26.5 Å². The second kappa shape index (κ2) is 8.92. The number of aromatic nitrogens is 1. The Morgan fingerprint density at radius 3 is 2.24 bits per heavy atom. The molecule has 2 N–H and O–H groups in total. The van der Waals surface area contributed by atoms with Crippen LogP contribution in [-0.4, -0.2) is 30.5 Å². The van der Waals surface area contributed by atoms with Gasteiger partial charge in [0.05, 0.1) is 4.92 Å². The summed E-state index contributed by atoms with van der Waals surface area (Å²) in [5.74, 6) is 0. The fourth-order valence-electron chi connectivity index (χ4n) is 3.78. The lowest BCUT2D eigenvalue weighted by Gasteiger charge is -2.22. The number of alkyl halides is 3. The average molecular weight is 489 g/mol. The van der Waals surface area contributed by atoms with E-state index in [2.05, 4.69) is 4.98 Å². The molecular formula is C23H18F3N3O4S. The van der Waals surface area contributed by atoms with Crippen LogP contribution in [0.15, 0.2) is 83.8 Å². The Labute approximate surface area is 192 Å². The predicted octanol–water partition coefficient (Wildman–Crippen LogP) is 5.20. The van der Waals surface area contributed by atoms with E-state index < -0.39 is 44.2 Å². The maximum absolute atomic E-state index is 14.1. The molecule has 1 atom stereocenters. The number of aromatic amines is 1. The molecule has 0 aliphatic heterocycles. The third-order valence-corrected chi connectivity index (χ3v) is 6.85. The minimum Gasteiger partial charge on any atom is -0.354 e. The van der Waals surface area contributed by atoms with Gasteiger partial charge in [-0.2, -0.15) is 17.9 Å². The van der Waals surface area contributed by atoms with Crippen LogP contribution in [0.1, 0.15) is 5.56 Å². The highest BCUT2D eigenvalue weighted by Crippen LogP contribution is 2.35. The number of hydrogen-bond donors (Lipinski definition) is 2. The minimum absolute atomic E-state index is 0.273. The molecule has 4 rings (SSSR count). The lowest BCUT2D eigenvalue weighted by atomic mass is 9.99. The zero-order chi connectivity index (χ0) is 24.5. The van der Waals surface area contributed by atoms with Crippen molar-refractivity contribution in [3.63, 3.8) is 0 Å². The van der Waals surface area contributed by atoms with Crippen molar-refractivity contribution >= 4 is 26.6 Å². The molecular weight excluding hydrogens is 471 g/mol. The van der Waals surface area contributed by atoms with E-state index in [4.69, 9.17) is 0 Å². The number of nitrogens with one attached hydrogen (secondary N) is 2. The number of nitro benzene ring substituents is 1. The van der Waals surface area contributed by atoms with Crippen molar-refractivity contribution in [1.82, 2.24) is 9.71 Å². The van der Waals surface area contributed by atoms with Crippen molar-refractivity contribution in [1.29, 1.82) is 0 Å². The van der Waals surface area contributed by atoms with E-state index in [-0.39, 0.29) is 5.56 Å². The predicted molar refractivity (Wildman–Crippen MR) is 121 cm³/mol. The Morgan fingerprint density at radius 2 is 1.56 bits per heavy atom. The number of nitrogens with zero attached hydrogens (tertiary/aromatic N) is 1. The molecule has 0 amide bonds. The Hall–Kier alpha value is -3.70. The molecule has 1 unspecified atom stereocenters. The number of benzene rings is 3. The standard InChI is InChI=1S/C23H18F3N3O4S/c24-23(25,26)21(28-34(32,33)20-13-7-6-12-19(20)29(30)31)14-17-16-10-4-5-11-18(16)27-22(17)15-8-2-1-3-9-15/h1-13,21,27-28H,14H2. The molecule has 4 aromatic rings. The van der Waals surface area contributed by atoms with Gasteiger partial charge in [0.1, 0.15) is 6.04 Å². The largest absolute Gasteiger partial charge is 0.405 e. The number of fused-ring (bicyclic) bond motifs is 1. The lowest BCUT2D eigenvalue weighted by Crippen LogP contribution is -2.46. The van der Waals surface area contributed by atoms with Crippen molar-refractivity contribution in [3.8, 4) is 11.3 Å². The highest BCUT2D eigenvalue weighted by Gasteiger charge is 2.44. The molecule has 1 heterocycles. The van der Waals surface area contributed by atoms with Crippen molar-refractivity contribution in [3.05, 3.63) is 94.5 Å². The molecule has 0 bridgehead atoms. The number of para-hydroxylation sites is 2. The number of nitro groups is 1. The van der Waals surface area contributed by atoms with Crippen LogP contribution in [0, 0.1) is 10.1 Å². The first-order chi connectivity index (χ1) is 16.1. The highest BCUT2D eigenvalue weighted by atomic mass is 32.2. The molecule has 7 nitrogen and oxygen atoms in total. The monoisotopic (exact) mass is 489 g/mol. The van der Waals surface area contributed by atoms with Crippen molar-refractivity contribution in [2.24, 2.45) is 0 Å². The molecule has 34 heavy (non-hydrogen) atoms. The van der Waals surface area contributed by atoms with E-state index in [1.807, 2.05) is 0 Å². The van der Waals surface area contributed by atoms with Gasteiger partial charge in [-0.25, -0.2) is 8.42 Å². The summed E-state index contributed by atoms with van der Waals surface area (Å²) in [5.41, 5.74) is 1.12. The maximum atomic E-state index is 14.1. The molecule has 176 valence electrons. The van der Waals surface area contributed by atoms with Crippen LogP contribution >= 0.6 is 0 Å². The van der Waals surface area contributed by atoms with Crippen LogP contribution in [0.2, 0.25) is 0 Å². The first-order valence-electron chi connectivity index (χ1n) is 10.1. The van der Waals surface area contributed by atoms with Gasteiger partial charge in [-0.3, -0.25) is 10.1 Å². The quantitative estimate of drug-likeness (QED) is 0.275. The summed E-state index contributed by atoms with van der Waals surface area (Å²) in [6.45, 7) is 0. The van der Waals surface area contributed by atoms with Crippen LogP contribution in [-0.2, 0) is 16.4 Å². The second-order valence-electron chi connectivity index (χ2n) is 7.53. The number of sulfonamides is 1. The maximum Gasteiger partial charge on any atom is 0.405 e. The summed E-state index contributed by atoms with van der Waals surface area (Å²) in [4.78, 5) is 12.6. The van der Waals surface area contributed by atoms with Gasteiger partial charge in [-0.15, -0.1) is 0 Å². The van der Waals surface area contributed by atoms with E-state index >= 15 is 0 Å². The molecule has 1 aromatic heterocycles. The second-order valence-corrected chi connectivity index (χ2v) is 9.22. The van der Waals surface area contributed by atoms with Crippen LogP contribution in [0.5, 0.6) is 0 Å². The third-order valence-electron chi connectivity index (χ3n) is 5.33. The molecule has 0 radical (unpaired) electrons. The topological polar surface area (TPSA) is 105 Å². The van der Waals surface area contributed by atoms with E-state index in [9.17, 15) is 31.7 Å². The summed E-state index contributed by atoms with van der Waals surface area (Å²) in [5, 5.41) is 11.8. The summed E-state index contributed by atoms with van der Waals surface area (Å²) in [7, 11) is -4.87. The van der Waals surface area contributed by atoms with E-state index in [1.165, 1.54) is 12.1 Å². The van der Waals surface area contributed by atoms with Gasteiger partial charge in [0, 0.05) is 29.1 Å². The van der Waals surface area contributed by atoms with E-state index in [0.717, 1.165) is 12.1 Å². The van der Waals surface area contributed by atoms with Gasteiger partial charge in [0.25, 0.3) is 5.69 Å². The minimum atomic E-state index is -4.97. The highest BCUT2D eigenvalue weighted by molar-refractivity contribution is 7.89. The van der Waals surface area contributed by atoms with E-state index in [0.29, 0.717) is 22.2 Å². The molecule has 0 saturated heterocycles. The number of rotatable bonds is 7. The number of hydrogen-bond acceptors (Lipinski definition) is 4. The van der Waals surface area contributed by atoms with Crippen LogP contribution in [0.4, 0.5) is 18.9 Å². The third kappa shape index (κ3) is 4.66. The van der Waals surface area contributed by atoms with Gasteiger partial charge in [0.15, 0.2) is 4.90 Å². The Morgan fingerprint density at radius 1 is 0.941 bits per heavy atom. The number of halogens is 3. The van der Waals surface area contributed by atoms with E-state index in [1.54, 1.807) is 59.3 Å². The van der Waals surface area contributed by atoms with Gasteiger partial charge >= 0.3 is 6.18 Å². The first kappa shape index (κ1) is 23.5. The Balaban J connectivity index is 1.79. The summed E-state index contributed by atoms with van der Waals surface area (Å²) in [6.07, 6.45) is -5.69. The van der Waals surface area contributed by atoms with Gasteiger partial charge < -0.3 is 4.98 Å². The zero-order valence-electron chi connectivity index (χ0n) is 17.4. The lowest BCUT2D eigenvalue weighted by molar-refractivity contribution is -0.387. The van der Waals surface area contributed by atoms with Gasteiger partial charge in [-0.05, 0) is 23.3 Å². The molecule has 0 fully saturated rings. The normalized spacial score (nSPS) is 13.1. The SMILES string of the molecule is O=[N+]([O-])c1ccccc1S(=O)(=O)NC(Cc1c(-c2ccccc2)[nH]c2ccccc12)C(F)(F)F. The fourth-order valence-corrected chi connectivity index (χ4v) is 5.17. The fraction of sp³-hybridized carbons (Fsp3) is 0.130. The summed E-state index contributed by atoms with van der Waals surface area (Å²) < 4.78 is 69.6. The average Bonchev–Trinajstić information content (AvgIpc) is 3.17. The molecule has 11 heteroatoms. The van der Waals surface area contributed by atoms with Crippen molar-refractivity contribution in [2.75, 3.05) is 0 Å². The smallest absolute Gasteiger partial charge is 0.354 e. The first-order valence-corrected chi connectivity index (χ1v) is 11.5. The molecule has 3 aromatic carbocycles. The van der Waals surface area contributed by atoms with Crippen LogP contribution < -0.4 is 4.72 Å². The Bertz CT molecular complexity index is 1450. The molecule has 0 aliphatic carbocycles. The van der Waals surface area contributed by atoms with Crippen LogP contribution in [0.25, 0.3) is 22.2 Å². The molecule has 0 aliphatic rings. The van der Waals surface area contributed by atoms with Gasteiger partial charge in [-0.1, -0.05) is 60.7 Å². The van der Waals surface area contributed by atoms with Crippen molar-refractivity contribution in [2.45, 2.75) is 23.5 Å². The van der Waals surface area contributed by atoms with Crippen LogP contribution in [0.3, 0.4) is 0 Å². The summed E-state index contributed by atoms with van der Waals surface area (Å²) in [6, 6.07) is 17.2. The zero-order valence-corrected chi connectivity index (χ0v) is 18.2. The molecule has 0 saturated carbocycles. The number of H-pyrrole nitrogens is 1. The summed E-state index contributed by atoms with van der Waals surface area (Å²) >= 11 is 0. The molecule has 0 spiro atoms. The Kier molecular flexibility index (Phi) is 6.15. The van der Waals surface area contributed by atoms with Gasteiger partial charge in [0.2, 0.25) is 10.0 Å².